The number of benzene rings is 9. The van der Waals surface area contributed by atoms with Crippen molar-refractivity contribution in [1.29, 1.82) is 0 Å². The Kier molecular flexibility index (Phi) is 4.88. The third-order valence-corrected chi connectivity index (χ3v) is 10.5. The van der Waals surface area contributed by atoms with Gasteiger partial charge in [-0.2, -0.15) is 0 Å². The predicted molar refractivity (Wildman–Crippen MR) is 194 cm³/mol. The SMILES string of the molecule is CC1(C)c2ccccc2-c2c(-c3ccc4ccccc4c3)cc3ccc(-c4ccc5ccc6cccc7ccc4c5c67)cc3c21. The van der Waals surface area contributed by atoms with Crippen LogP contribution < -0.4 is 0 Å². The average molecular weight is 571 g/mol. The van der Waals surface area contributed by atoms with E-state index in [9.17, 15) is 0 Å². The summed E-state index contributed by atoms with van der Waals surface area (Å²) in [4.78, 5) is 0. The lowest BCUT2D eigenvalue weighted by Crippen LogP contribution is -2.15. The Morgan fingerprint density at radius 1 is 0.378 bits per heavy atom. The number of fused-ring (bicyclic) bond motifs is 6. The molecule has 210 valence electrons. The van der Waals surface area contributed by atoms with Gasteiger partial charge in [0, 0.05) is 5.41 Å². The lowest BCUT2D eigenvalue weighted by Gasteiger charge is -2.24. The van der Waals surface area contributed by atoms with E-state index in [4.69, 9.17) is 0 Å². The molecule has 0 amide bonds. The maximum atomic E-state index is 2.47. The third-order valence-electron chi connectivity index (χ3n) is 10.5. The molecule has 10 rings (SSSR count). The Hall–Kier alpha value is -5.46. The van der Waals surface area contributed by atoms with Crippen molar-refractivity contribution in [3.05, 3.63) is 157 Å². The van der Waals surface area contributed by atoms with Crippen molar-refractivity contribution in [2.45, 2.75) is 19.3 Å². The summed E-state index contributed by atoms with van der Waals surface area (Å²) in [6, 6.07) is 54.7. The molecule has 0 spiro atoms. The fourth-order valence-corrected chi connectivity index (χ4v) is 8.44. The molecule has 0 atom stereocenters. The van der Waals surface area contributed by atoms with Gasteiger partial charge < -0.3 is 0 Å². The van der Waals surface area contributed by atoms with E-state index in [0.717, 1.165) is 0 Å². The fraction of sp³-hybridized carbons (Fsp3) is 0.0667. The zero-order valence-corrected chi connectivity index (χ0v) is 25.4. The van der Waals surface area contributed by atoms with Crippen LogP contribution in [0.1, 0.15) is 25.0 Å². The van der Waals surface area contributed by atoms with Crippen LogP contribution >= 0.6 is 0 Å². The van der Waals surface area contributed by atoms with Crippen LogP contribution in [0.25, 0.3) is 87.2 Å². The monoisotopic (exact) mass is 570 g/mol. The van der Waals surface area contributed by atoms with Crippen molar-refractivity contribution < 1.29 is 0 Å². The Balaban J connectivity index is 1.27. The van der Waals surface area contributed by atoms with Gasteiger partial charge in [0.05, 0.1) is 0 Å². The summed E-state index contributed by atoms with van der Waals surface area (Å²) in [6.07, 6.45) is 0. The molecule has 9 aromatic rings. The van der Waals surface area contributed by atoms with Crippen molar-refractivity contribution >= 4 is 53.9 Å². The highest BCUT2D eigenvalue weighted by Gasteiger charge is 2.38. The minimum Gasteiger partial charge on any atom is -0.0619 e. The van der Waals surface area contributed by atoms with Gasteiger partial charge in [0.25, 0.3) is 0 Å². The van der Waals surface area contributed by atoms with Gasteiger partial charge in [0.1, 0.15) is 0 Å². The minimum absolute atomic E-state index is 0.127. The van der Waals surface area contributed by atoms with Gasteiger partial charge in [-0.1, -0.05) is 141 Å². The Bertz CT molecular complexity index is 2650. The standard InChI is InChI=1S/C45H30/c1-45(2)40-13-6-5-12-37(40)43-38(32-17-14-27-8-3-4-9-31(27)24-32)25-34-19-18-33(26-39(34)44(43)45)35-22-20-30-16-15-28-10-7-11-29-21-23-36(35)42(30)41(28)29/h3-26H,1-2H3. The van der Waals surface area contributed by atoms with E-state index in [2.05, 4.69) is 159 Å². The summed E-state index contributed by atoms with van der Waals surface area (Å²) in [5, 5.41) is 13.2. The number of rotatable bonds is 2. The van der Waals surface area contributed by atoms with Gasteiger partial charge in [-0.25, -0.2) is 0 Å². The summed E-state index contributed by atoms with van der Waals surface area (Å²) < 4.78 is 0. The lowest BCUT2D eigenvalue weighted by molar-refractivity contribution is 0.666. The maximum absolute atomic E-state index is 2.47. The van der Waals surface area contributed by atoms with Crippen LogP contribution in [-0.2, 0) is 5.41 Å². The van der Waals surface area contributed by atoms with Crippen LogP contribution in [0.5, 0.6) is 0 Å². The molecule has 0 nitrogen and oxygen atoms in total. The van der Waals surface area contributed by atoms with Crippen LogP contribution in [0.2, 0.25) is 0 Å². The second-order valence-electron chi connectivity index (χ2n) is 13.3. The summed E-state index contributed by atoms with van der Waals surface area (Å²) in [6.45, 7) is 4.81. The number of hydrogen-bond acceptors (Lipinski definition) is 0. The van der Waals surface area contributed by atoms with E-state index < -0.39 is 0 Å². The Morgan fingerprint density at radius 3 is 1.84 bits per heavy atom. The molecule has 0 saturated carbocycles. The van der Waals surface area contributed by atoms with Crippen LogP contribution in [0.3, 0.4) is 0 Å². The molecule has 9 aromatic carbocycles. The van der Waals surface area contributed by atoms with Gasteiger partial charge in [-0.05, 0) is 117 Å². The highest BCUT2D eigenvalue weighted by Crippen LogP contribution is 2.55. The quantitative estimate of drug-likeness (QED) is 0.181. The van der Waals surface area contributed by atoms with Crippen molar-refractivity contribution in [2.75, 3.05) is 0 Å². The number of hydrogen-bond donors (Lipinski definition) is 0. The van der Waals surface area contributed by atoms with Crippen LogP contribution in [0.4, 0.5) is 0 Å². The van der Waals surface area contributed by atoms with Gasteiger partial charge in [0.2, 0.25) is 0 Å². The van der Waals surface area contributed by atoms with Gasteiger partial charge in [-0.3, -0.25) is 0 Å². The predicted octanol–water partition coefficient (Wildman–Crippen LogP) is 12.5. The molecular formula is C45H30. The van der Waals surface area contributed by atoms with Crippen molar-refractivity contribution in [2.24, 2.45) is 0 Å². The van der Waals surface area contributed by atoms with E-state index in [0.29, 0.717) is 0 Å². The molecule has 1 aliphatic rings. The maximum Gasteiger partial charge on any atom is 0.0165 e. The van der Waals surface area contributed by atoms with Crippen molar-refractivity contribution in [1.82, 2.24) is 0 Å². The summed E-state index contributed by atoms with van der Waals surface area (Å²) in [5.41, 5.74) is 10.6. The zero-order chi connectivity index (χ0) is 29.9. The molecule has 0 N–H and O–H groups in total. The molecule has 0 fully saturated rings. The largest absolute Gasteiger partial charge is 0.0619 e. The molecule has 0 unspecified atom stereocenters. The average Bonchev–Trinajstić information content (AvgIpc) is 3.33. The first-order valence-electron chi connectivity index (χ1n) is 15.9. The molecule has 45 heavy (non-hydrogen) atoms. The van der Waals surface area contributed by atoms with E-state index >= 15 is 0 Å². The van der Waals surface area contributed by atoms with Gasteiger partial charge in [-0.15, -0.1) is 0 Å². The normalized spacial score (nSPS) is 13.7. The van der Waals surface area contributed by atoms with Gasteiger partial charge in [0.15, 0.2) is 0 Å². The molecule has 0 radical (unpaired) electrons. The second-order valence-corrected chi connectivity index (χ2v) is 13.3. The summed E-state index contributed by atoms with van der Waals surface area (Å²) in [5.74, 6) is 0. The van der Waals surface area contributed by atoms with E-state index in [1.807, 2.05) is 0 Å². The Morgan fingerprint density at radius 2 is 1.00 bits per heavy atom. The van der Waals surface area contributed by atoms with E-state index in [1.54, 1.807) is 0 Å². The highest BCUT2D eigenvalue weighted by atomic mass is 14.4. The summed E-state index contributed by atoms with van der Waals surface area (Å²) in [7, 11) is 0. The molecule has 1 aliphatic carbocycles. The third kappa shape index (κ3) is 3.37. The first-order chi connectivity index (χ1) is 22.1. The molecule has 0 bridgehead atoms. The molecule has 0 heterocycles. The second kappa shape index (κ2) is 8.80. The molecular weight excluding hydrogens is 540 g/mol. The fourth-order valence-electron chi connectivity index (χ4n) is 8.44. The van der Waals surface area contributed by atoms with Crippen molar-refractivity contribution in [3.63, 3.8) is 0 Å². The Labute approximate surface area is 262 Å². The van der Waals surface area contributed by atoms with Gasteiger partial charge >= 0.3 is 0 Å². The lowest BCUT2D eigenvalue weighted by atomic mass is 9.78. The molecule has 0 heteroatoms. The first-order valence-corrected chi connectivity index (χ1v) is 15.9. The highest BCUT2D eigenvalue weighted by molar-refractivity contribution is 6.25. The summed E-state index contributed by atoms with van der Waals surface area (Å²) >= 11 is 0. The van der Waals surface area contributed by atoms with Crippen LogP contribution in [0, 0.1) is 0 Å². The van der Waals surface area contributed by atoms with Crippen molar-refractivity contribution in [3.8, 4) is 33.4 Å². The van der Waals surface area contributed by atoms with Crippen LogP contribution in [-0.4, -0.2) is 0 Å². The first kappa shape index (κ1) is 24.9. The molecule has 0 aromatic heterocycles. The van der Waals surface area contributed by atoms with E-state index in [-0.39, 0.29) is 5.41 Å². The zero-order valence-electron chi connectivity index (χ0n) is 25.4. The van der Waals surface area contributed by atoms with Crippen LogP contribution in [0.15, 0.2) is 146 Å². The topological polar surface area (TPSA) is 0 Å². The molecule has 0 saturated heterocycles. The van der Waals surface area contributed by atoms with E-state index in [1.165, 1.54) is 98.4 Å². The minimum atomic E-state index is -0.127. The molecule has 0 aliphatic heterocycles. The smallest absolute Gasteiger partial charge is 0.0165 e.